The summed E-state index contributed by atoms with van der Waals surface area (Å²) in [5.74, 6) is 0. The molecule has 1 N–H and O–H groups in total. The zero-order valence-electron chi connectivity index (χ0n) is 11.3. The highest BCUT2D eigenvalue weighted by Crippen LogP contribution is 2.18. The molecule has 0 bridgehead atoms. The monoisotopic (exact) mass is 269 g/mol. The van der Waals surface area contributed by atoms with Crippen LogP contribution in [0.1, 0.15) is 30.0 Å². The number of aromatic nitrogens is 1. The van der Waals surface area contributed by atoms with E-state index in [1.807, 2.05) is 7.05 Å². The molecule has 18 heavy (non-hydrogen) atoms. The van der Waals surface area contributed by atoms with E-state index >= 15 is 0 Å². The molecule has 0 aliphatic carbocycles. The summed E-state index contributed by atoms with van der Waals surface area (Å²) in [6.07, 6.45) is 3.80. The standard InChI is InChI=1S/C13H23N3OS/c1-14-8-13-15-11(10-18-13)9-17-7-5-12-4-3-6-16(12)2/h10,12,14H,3-9H2,1-2H3. The van der Waals surface area contributed by atoms with Crippen molar-refractivity contribution >= 4 is 11.3 Å². The molecule has 1 unspecified atom stereocenters. The number of thiazole rings is 1. The Labute approximate surface area is 113 Å². The molecule has 1 saturated heterocycles. The van der Waals surface area contributed by atoms with E-state index in [1.54, 1.807) is 11.3 Å². The van der Waals surface area contributed by atoms with Gasteiger partial charge >= 0.3 is 0 Å². The molecular weight excluding hydrogens is 246 g/mol. The Morgan fingerprint density at radius 2 is 2.50 bits per heavy atom. The molecule has 0 aromatic carbocycles. The van der Waals surface area contributed by atoms with Gasteiger partial charge in [0.25, 0.3) is 0 Å². The second kappa shape index (κ2) is 7.19. The van der Waals surface area contributed by atoms with Crippen LogP contribution >= 0.6 is 11.3 Å². The third kappa shape index (κ3) is 4.02. The molecule has 102 valence electrons. The topological polar surface area (TPSA) is 37.4 Å². The van der Waals surface area contributed by atoms with Gasteiger partial charge in [0.1, 0.15) is 5.01 Å². The fraction of sp³-hybridized carbons (Fsp3) is 0.769. The molecule has 1 fully saturated rings. The van der Waals surface area contributed by atoms with Crippen LogP contribution < -0.4 is 5.32 Å². The lowest BCUT2D eigenvalue weighted by Crippen LogP contribution is -2.26. The highest BCUT2D eigenvalue weighted by atomic mass is 32.1. The highest BCUT2D eigenvalue weighted by Gasteiger charge is 2.19. The zero-order chi connectivity index (χ0) is 12.8. The maximum atomic E-state index is 5.72. The van der Waals surface area contributed by atoms with Crippen molar-refractivity contribution in [1.29, 1.82) is 0 Å². The van der Waals surface area contributed by atoms with Crippen LogP contribution in [-0.2, 0) is 17.9 Å². The first-order valence-corrected chi connectivity index (χ1v) is 7.53. The van der Waals surface area contributed by atoms with Gasteiger partial charge in [-0.15, -0.1) is 11.3 Å². The molecule has 1 aromatic rings. The van der Waals surface area contributed by atoms with Crippen LogP contribution in [0.25, 0.3) is 0 Å². The third-order valence-corrected chi connectivity index (χ3v) is 4.34. The molecule has 1 aliphatic rings. The number of likely N-dealkylation sites (tertiary alicyclic amines) is 1. The lowest BCUT2D eigenvalue weighted by atomic mass is 10.1. The fourth-order valence-corrected chi connectivity index (χ4v) is 3.18. The Morgan fingerprint density at radius 1 is 1.61 bits per heavy atom. The third-order valence-electron chi connectivity index (χ3n) is 3.44. The van der Waals surface area contributed by atoms with Gasteiger partial charge in [-0.05, 0) is 39.9 Å². The largest absolute Gasteiger partial charge is 0.375 e. The summed E-state index contributed by atoms with van der Waals surface area (Å²) in [7, 11) is 4.15. The van der Waals surface area contributed by atoms with Crippen molar-refractivity contribution in [2.75, 3.05) is 27.2 Å². The summed E-state index contributed by atoms with van der Waals surface area (Å²) >= 11 is 1.70. The predicted octanol–water partition coefficient (Wildman–Crippen LogP) is 1.86. The van der Waals surface area contributed by atoms with Crippen LogP contribution in [0.3, 0.4) is 0 Å². The molecule has 2 rings (SSSR count). The van der Waals surface area contributed by atoms with E-state index in [9.17, 15) is 0 Å². The smallest absolute Gasteiger partial charge is 0.107 e. The van der Waals surface area contributed by atoms with E-state index in [2.05, 4.69) is 27.6 Å². The molecule has 0 spiro atoms. The van der Waals surface area contributed by atoms with Crippen molar-refractivity contribution in [2.45, 2.75) is 38.5 Å². The molecular formula is C13H23N3OS. The Balaban J connectivity index is 1.62. The average Bonchev–Trinajstić information content (AvgIpc) is 2.95. The Bertz CT molecular complexity index is 356. The SMILES string of the molecule is CNCc1nc(COCCC2CCCN2C)cs1. The van der Waals surface area contributed by atoms with Gasteiger partial charge in [-0.1, -0.05) is 0 Å². The minimum Gasteiger partial charge on any atom is -0.375 e. The first-order chi connectivity index (χ1) is 8.79. The van der Waals surface area contributed by atoms with Crippen molar-refractivity contribution in [3.8, 4) is 0 Å². The summed E-state index contributed by atoms with van der Waals surface area (Å²) in [6, 6.07) is 0.722. The summed E-state index contributed by atoms with van der Waals surface area (Å²) in [5, 5.41) is 6.33. The van der Waals surface area contributed by atoms with E-state index in [0.29, 0.717) is 6.61 Å². The van der Waals surface area contributed by atoms with E-state index in [0.717, 1.165) is 36.3 Å². The van der Waals surface area contributed by atoms with Crippen molar-refractivity contribution in [2.24, 2.45) is 0 Å². The van der Waals surface area contributed by atoms with Crippen LogP contribution in [-0.4, -0.2) is 43.2 Å². The second-order valence-corrected chi connectivity index (χ2v) is 5.82. The maximum Gasteiger partial charge on any atom is 0.107 e. The van der Waals surface area contributed by atoms with Crippen LogP contribution in [0, 0.1) is 0 Å². The van der Waals surface area contributed by atoms with Gasteiger partial charge in [0.05, 0.1) is 12.3 Å². The van der Waals surface area contributed by atoms with Crippen molar-refractivity contribution < 1.29 is 4.74 Å². The van der Waals surface area contributed by atoms with Crippen LogP contribution in [0.15, 0.2) is 5.38 Å². The van der Waals surface area contributed by atoms with Gasteiger partial charge in [0, 0.05) is 24.6 Å². The van der Waals surface area contributed by atoms with Crippen molar-refractivity contribution in [3.63, 3.8) is 0 Å². The maximum absolute atomic E-state index is 5.72. The van der Waals surface area contributed by atoms with Gasteiger partial charge in [-0.3, -0.25) is 0 Å². The summed E-state index contributed by atoms with van der Waals surface area (Å²) in [4.78, 5) is 6.95. The number of ether oxygens (including phenoxy) is 1. The molecule has 0 radical (unpaired) electrons. The van der Waals surface area contributed by atoms with Crippen LogP contribution in [0.4, 0.5) is 0 Å². The zero-order valence-corrected chi connectivity index (χ0v) is 12.1. The lowest BCUT2D eigenvalue weighted by molar-refractivity contribution is 0.0995. The van der Waals surface area contributed by atoms with Gasteiger partial charge < -0.3 is 15.0 Å². The Kier molecular flexibility index (Phi) is 5.56. The van der Waals surface area contributed by atoms with Crippen LogP contribution in [0.5, 0.6) is 0 Å². The predicted molar refractivity (Wildman–Crippen MR) is 74.8 cm³/mol. The summed E-state index contributed by atoms with van der Waals surface area (Å²) < 4.78 is 5.72. The van der Waals surface area contributed by atoms with Gasteiger partial charge in [-0.25, -0.2) is 4.98 Å². The molecule has 4 nitrogen and oxygen atoms in total. The average molecular weight is 269 g/mol. The summed E-state index contributed by atoms with van der Waals surface area (Å²) in [6.45, 7) is 3.58. The number of rotatable bonds is 7. The quantitative estimate of drug-likeness (QED) is 0.767. The first kappa shape index (κ1) is 13.9. The molecule has 1 aliphatic heterocycles. The molecule has 1 atom stereocenters. The molecule has 5 heteroatoms. The molecule has 0 saturated carbocycles. The minimum absolute atomic E-state index is 0.649. The molecule has 1 aromatic heterocycles. The Hall–Kier alpha value is -0.490. The van der Waals surface area contributed by atoms with Gasteiger partial charge in [0.15, 0.2) is 0 Å². The lowest BCUT2D eigenvalue weighted by Gasteiger charge is -2.18. The second-order valence-electron chi connectivity index (χ2n) is 4.88. The van der Waals surface area contributed by atoms with Gasteiger partial charge in [-0.2, -0.15) is 0 Å². The van der Waals surface area contributed by atoms with Gasteiger partial charge in [0.2, 0.25) is 0 Å². The molecule has 0 amide bonds. The van der Waals surface area contributed by atoms with E-state index < -0.39 is 0 Å². The van der Waals surface area contributed by atoms with E-state index in [-0.39, 0.29) is 0 Å². The first-order valence-electron chi connectivity index (χ1n) is 6.65. The van der Waals surface area contributed by atoms with Crippen molar-refractivity contribution in [1.82, 2.24) is 15.2 Å². The minimum atomic E-state index is 0.649. The van der Waals surface area contributed by atoms with E-state index in [1.165, 1.54) is 19.4 Å². The van der Waals surface area contributed by atoms with Crippen LogP contribution in [0.2, 0.25) is 0 Å². The number of hydrogen-bond acceptors (Lipinski definition) is 5. The fourth-order valence-electron chi connectivity index (χ4n) is 2.39. The van der Waals surface area contributed by atoms with Crippen molar-refractivity contribution in [3.05, 3.63) is 16.1 Å². The highest BCUT2D eigenvalue weighted by molar-refractivity contribution is 7.09. The normalized spacial score (nSPS) is 20.7. The summed E-state index contributed by atoms with van der Waals surface area (Å²) in [5.41, 5.74) is 1.06. The van der Waals surface area contributed by atoms with E-state index in [4.69, 9.17) is 4.74 Å². The Morgan fingerprint density at radius 3 is 3.22 bits per heavy atom. The number of nitrogens with zero attached hydrogens (tertiary/aromatic N) is 2. The number of nitrogens with one attached hydrogen (secondary N) is 1. The number of hydrogen-bond donors (Lipinski definition) is 1. The molecule has 2 heterocycles.